The van der Waals surface area contributed by atoms with E-state index in [4.69, 9.17) is 0 Å². The molecule has 1 saturated heterocycles. The van der Waals surface area contributed by atoms with Crippen LogP contribution in [-0.4, -0.2) is 16.3 Å². The van der Waals surface area contributed by atoms with Gasteiger partial charge in [-0.3, -0.25) is 4.68 Å². The van der Waals surface area contributed by atoms with Crippen LogP contribution in [0, 0.1) is 0 Å². The van der Waals surface area contributed by atoms with Gasteiger partial charge in [0.1, 0.15) is 0 Å². The Kier molecular flexibility index (Phi) is 2.53. The predicted octanol–water partition coefficient (Wildman–Crippen LogP) is 2.57. The molecule has 0 bridgehead atoms. The Labute approximate surface area is 99.1 Å². The molecule has 16 heavy (non-hydrogen) atoms. The number of thiophene rings is 1. The Morgan fingerprint density at radius 3 is 3.19 bits per heavy atom. The minimum atomic E-state index is 0.458. The largest absolute Gasteiger partial charge is 0.309 e. The smallest absolute Gasteiger partial charge is 0.0800 e. The zero-order valence-corrected chi connectivity index (χ0v) is 10.1. The molecule has 0 aromatic carbocycles. The number of hydrogen-bond donors (Lipinski definition) is 1. The van der Waals surface area contributed by atoms with Crippen molar-refractivity contribution in [2.75, 3.05) is 6.54 Å². The molecule has 3 nitrogen and oxygen atoms in total. The number of aryl methyl sites for hydroxylation is 1. The molecule has 3 rings (SSSR count). The molecular weight excluding hydrogens is 218 g/mol. The molecule has 1 atom stereocenters. The van der Waals surface area contributed by atoms with E-state index in [1.54, 1.807) is 11.3 Å². The van der Waals surface area contributed by atoms with Gasteiger partial charge in [0.2, 0.25) is 0 Å². The van der Waals surface area contributed by atoms with Gasteiger partial charge < -0.3 is 5.32 Å². The Hall–Kier alpha value is -1.13. The molecule has 1 N–H and O–H groups in total. The van der Waals surface area contributed by atoms with E-state index < -0.39 is 0 Å². The highest BCUT2D eigenvalue weighted by Gasteiger charge is 2.20. The summed E-state index contributed by atoms with van der Waals surface area (Å²) in [7, 11) is 2.02. The van der Waals surface area contributed by atoms with Crippen LogP contribution in [0.25, 0.3) is 10.6 Å². The quantitative estimate of drug-likeness (QED) is 0.864. The Morgan fingerprint density at radius 1 is 1.56 bits per heavy atom. The highest BCUT2D eigenvalue weighted by Crippen LogP contribution is 2.29. The highest BCUT2D eigenvalue weighted by atomic mass is 32.1. The Morgan fingerprint density at radius 2 is 2.50 bits per heavy atom. The maximum Gasteiger partial charge on any atom is 0.0800 e. The maximum absolute atomic E-state index is 4.61. The van der Waals surface area contributed by atoms with Crippen LogP contribution in [0.1, 0.15) is 24.6 Å². The van der Waals surface area contributed by atoms with Gasteiger partial charge in [0.15, 0.2) is 0 Å². The first-order valence-electron chi connectivity index (χ1n) is 5.66. The van der Waals surface area contributed by atoms with Crippen LogP contribution in [0.5, 0.6) is 0 Å². The standard InChI is InChI=1S/C12H15N3S/c1-15-11(12-5-3-7-16-12)8-10(14-15)9-4-2-6-13-9/h3,5,7-9,13H,2,4,6H2,1H3. The molecule has 2 aromatic heterocycles. The number of nitrogens with zero attached hydrogens (tertiary/aromatic N) is 2. The lowest BCUT2D eigenvalue weighted by Gasteiger charge is -2.04. The molecule has 0 radical (unpaired) electrons. The molecule has 0 spiro atoms. The number of nitrogens with one attached hydrogen (secondary N) is 1. The Bertz CT molecular complexity index is 466. The van der Waals surface area contributed by atoms with Crippen molar-refractivity contribution in [1.82, 2.24) is 15.1 Å². The van der Waals surface area contributed by atoms with Gasteiger partial charge in [-0.15, -0.1) is 11.3 Å². The number of hydrogen-bond acceptors (Lipinski definition) is 3. The van der Waals surface area contributed by atoms with Crippen molar-refractivity contribution in [3.8, 4) is 10.6 Å². The van der Waals surface area contributed by atoms with Gasteiger partial charge in [0.05, 0.1) is 22.3 Å². The van der Waals surface area contributed by atoms with E-state index in [0.717, 1.165) is 6.54 Å². The van der Waals surface area contributed by atoms with Crippen molar-refractivity contribution in [1.29, 1.82) is 0 Å². The van der Waals surface area contributed by atoms with Crippen LogP contribution in [-0.2, 0) is 7.05 Å². The second-order valence-electron chi connectivity index (χ2n) is 4.20. The molecule has 1 aliphatic rings. The molecular formula is C12H15N3S. The van der Waals surface area contributed by atoms with Crippen molar-refractivity contribution in [2.24, 2.45) is 7.05 Å². The molecule has 0 saturated carbocycles. The van der Waals surface area contributed by atoms with Crippen molar-refractivity contribution >= 4 is 11.3 Å². The van der Waals surface area contributed by atoms with Crippen molar-refractivity contribution in [3.05, 3.63) is 29.3 Å². The zero-order chi connectivity index (χ0) is 11.0. The molecule has 84 valence electrons. The summed E-state index contributed by atoms with van der Waals surface area (Å²) in [5, 5.41) is 10.2. The predicted molar refractivity (Wildman–Crippen MR) is 66.5 cm³/mol. The van der Waals surface area contributed by atoms with Crippen LogP contribution in [0.4, 0.5) is 0 Å². The van der Waals surface area contributed by atoms with Gasteiger partial charge in [-0.2, -0.15) is 5.10 Å². The molecule has 0 aliphatic carbocycles. The van der Waals surface area contributed by atoms with Crippen LogP contribution in [0.15, 0.2) is 23.6 Å². The number of rotatable bonds is 2. The third kappa shape index (κ3) is 1.68. The van der Waals surface area contributed by atoms with Crippen LogP contribution in [0.3, 0.4) is 0 Å². The van der Waals surface area contributed by atoms with Crippen molar-refractivity contribution in [3.63, 3.8) is 0 Å². The first-order chi connectivity index (χ1) is 7.84. The summed E-state index contributed by atoms with van der Waals surface area (Å²) in [5.74, 6) is 0. The monoisotopic (exact) mass is 233 g/mol. The van der Waals surface area contributed by atoms with Crippen molar-refractivity contribution < 1.29 is 0 Å². The fourth-order valence-electron chi connectivity index (χ4n) is 2.25. The molecule has 4 heteroatoms. The summed E-state index contributed by atoms with van der Waals surface area (Å²) in [5.41, 5.74) is 2.40. The van der Waals surface area contributed by atoms with Gasteiger partial charge in [-0.1, -0.05) is 6.07 Å². The minimum absolute atomic E-state index is 0.458. The summed E-state index contributed by atoms with van der Waals surface area (Å²) < 4.78 is 1.99. The lowest BCUT2D eigenvalue weighted by molar-refractivity contribution is 0.607. The summed E-state index contributed by atoms with van der Waals surface area (Å²) >= 11 is 1.76. The minimum Gasteiger partial charge on any atom is -0.309 e. The normalized spacial score (nSPS) is 20.4. The van der Waals surface area contributed by atoms with E-state index in [-0.39, 0.29) is 0 Å². The maximum atomic E-state index is 4.61. The highest BCUT2D eigenvalue weighted by molar-refractivity contribution is 7.13. The van der Waals surface area contributed by atoms with E-state index >= 15 is 0 Å². The van der Waals surface area contributed by atoms with Gasteiger partial charge >= 0.3 is 0 Å². The second-order valence-corrected chi connectivity index (χ2v) is 5.15. The molecule has 1 aliphatic heterocycles. The number of aromatic nitrogens is 2. The summed E-state index contributed by atoms with van der Waals surface area (Å²) in [6.45, 7) is 1.12. The summed E-state index contributed by atoms with van der Waals surface area (Å²) in [6, 6.07) is 6.91. The van der Waals surface area contributed by atoms with E-state index in [2.05, 4.69) is 34.0 Å². The topological polar surface area (TPSA) is 29.9 Å². The van der Waals surface area contributed by atoms with E-state index in [1.807, 2.05) is 11.7 Å². The van der Waals surface area contributed by atoms with Crippen LogP contribution >= 0.6 is 11.3 Å². The van der Waals surface area contributed by atoms with Gasteiger partial charge in [0.25, 0.3) is 0 Å². The third-order valence-corrected chi connectivity index (χ3v) is 3.98. The third-order valence-electron chi connectivity index (χ3n) is 3.09. The average Bonchev–Trinajstić information content (AvgIpc) is 2.97. The summed E-state index contributed by atoms with van der Waals surface area (Å²) in [6.07, 6.45) is 2.47. The van der Waals surface area contributed by atoms with E-state index in [1.165, 1.54) is 29.1 Å². The molecule has 1 unspecified atom stereocenters. The fraction of sp³-hybridized carbons (Fsp3) is 0.417. The molecule has 1 fully saturated rings. The van der Waals surface area contributed by atoms with Gasteiger partial charge in [-0.05, 0) is 36.9 Å². The average molecular weight is 233 g/mol. The zero-order valence-electron chi connectivity index (χ0n) is 9.31. The SMILES string of the molecule is Cn1nc(C2CCCN2)cc1-c1cccs1. The second kappa shape index (κ2) is 4.03. The Balaban J connectivity index is 1.95. The first kappa shape index (κ1) is 10.1. The van der Waals surface area contributed by atoms with Crippen LogP contribution in [0.2, 0.25) is 0 Å². The molecule has 0 amide bonds. The fourth-order valence-corrected chi connectivity index (χ4v) is 3.02. The lowest BCUT2D eigenvalue weighted by atomic mass is 10.1. The lowest BCUT2D eigenvalue weighted by Crippen LogP contribution is -2.13. The van der Waals surface area contributed by atoms with Gasteiger partial charge in [0, 0.05) is 7.05 Å². The molecule has 3 heterocycles. The van der Waals surface area contributed by atoms with Crippen LogP contribution < -0.4 is 5.32 Å². The van der Waals surface area contributed by atoms with E-state index in [9.17, 15) is 0 Å². The van der Waals surface area contributed by atoms with E-state index in [0.29, 0.717) is 6.04 Å². The first-order valence-corrected chi connectivity index (χ1v) is 6.54. The summed E-state index contributed by atoms with van der Waals surface area (Å²) in [4.78, 5) is 1.29. The van der Waals surface area contributed by atoms with Gasteiger partial charge in [-0.25, -0.2) is 0 Å². The van der Waals surface area contributed by atoms with Crippen molar-refractivity contribution in [2.45, 2.75) is 18.9 Å². The molecule has 2 aromatic rings.